The second kappa shape index (κ2) is 12.9. The molecule has 4 heteroatoms. The van der Waals surface area contributed by atoms with E-state index in [1.165, 1.54) is 38.2 Å². The number of ether oxygens (including phenoxy) is 1. The molecule has 4 nitrogen and oxygen atoms in total. The molecule has 0 saturated heterocycles. The van der Waals surface area contributed by atoms with Crippen molar-refractivity contribution in [3.05, 3.63) is 212 Å². The van der Waals surface area contributed by atoms with Gasteiger partial charge in [-0.15, -0.1) is 0 Å². The van der Waals surface area contributed by atoms with E-state index in [-0.39, 0.29) is 0 Å². The molecule has 0 unspecified atom stereocenters. The Morgan fingerprint density at radius 3 is 1.69 bits per heavy atom. The van der Waals surface area contributed by atoms with Crippen LogP contribution >= 0.6 is 0 Å². The molecule has 0 saturated carbocycles. The first-order chi connectivity index (χ1) is 28.8. The van der Waals surface area contributed by atoms with Crippen LogP contribution in [0.1, 0.15) is 0 Å². The number of anilines is 3. The second-order valence-corrected chi connectivity index (χ2v) is 14.9. The normalized spacial score (nSPS) is 11.9. The third-order valence-corrected chi connectivity index (χ3v) is 11.7. The summed E-state index contributed by atoms with van der Waals surface area (Å²) >= 11 is 0. The van der Waals surface area contributed by atoms with E-state index in [1.54, 1.807) is 0 Å². The Bertz CT molecular complexity index is 3310. The molecule has 0 N–H and O–H groups in total. The van der Waals surface area contributed by atoms with Crippen molar-refractivity contribution in [2.75, 3.05) is 4.90 Å². The quantitative estimate of drug-likeness (QED) is 0.169. The highest BCUT2D eigenvalue weighted by atomic mass is 16.5. The molecule has 0 spiro atoms. The van der Waals surface area contributed by atoms with Gasteiger partial charge in [0.15, 0.2) is 11.5 Å². The summed E-state index contributed by atoms with van der Waals surface area (Å²) in [6.07, 6.45) is 0. The minimum absolute atomic E-state index is 0.857. The Kier molecular flexibility index (Phi) is 7.20. The zero-order chi connectivity index (χ0) is 38.2. The summed E-state index contributed by atoms with van der Waals surface area (Å²) in [6.45, 7) is 0. The van der Waals surface area contributed by atoms with E-state index in [4.69, 9.17) is 4.74 Å². The third-order valence-electron chi connectivity index (χ3n) is 11.7. The molecule has 0 aliphatic carbocycles. The van der Waals surface area contributed by atoms with Crippen molar-refractivity contribution in [1.82, 2.24) is 9.13 Å². The van der Waals surface area contributed by atoms with Crippen molar-refractivity contribution >= 4 is 60.7 Å². The second-order valence-electron chi connectivity index (χ2n) is 14.9. The summed E-state index contributed by atoms with van der Waals surface area (Å²) in [5.74, 6) is 1.74. The monoisotopic (exact) mass is 741 g/mol. The van der Waals surface area contributed by atoms with Crippen LogP contribution in [0.3, 0.4) is 0 Å². The van der Waals surface area contributed by atoms with Crippen LogP contribution in [0.25, 0.3) is 77.2 Å². The summed E-state index contributed by atoms with van der Waals surface area (Å²) < 4.78 is 11.4. The Hall–Kier alpha value is -7.82. The van der Waals surface area contributed by atoms with Gasteiger partial charge in [-0.25, -0.2) is 0 Å². The Balaban J connectivity index is 1.03. The van der Waals surface area contributed by atoms with Crippen LogP contribution in [0.4, 0.5) is 17.1 Å². The van der Waals surface area contributed by atoms with Crippen molar-refractivity contribution in [3.63, 3.8) is 0 Å². The molecular weight excluding hydrogens is 707 g/mol. The number of para-hydroxylation sites is 5. The number of aromatic nitrogens is 2. The van der Waals surface area contributed by atoms with Gasteiger partial charge in [-0.1, -0.05) is 127 Å². The van der Waals surface area contributed by atoms with Gasteiger partial charge in [0.2, 0.25) is 0 Å². The predicted molar refractivity (Wildman–Crippen MR) is 241 cm³/mol. The lowest BCUT2D eigenvalue weighted by Crippen LogP contribution is -2.09. The summed E-state index contributed by atoms with van der Waals surface area (Å²) in [4.78, 5) is 2.34. The van der Waals surface area contributed by atoms with E-state index in [2.05, 4.69) is 226 Å². The lowest BCUT2D eigenvalue weighted by atomic mass is 10.0. The number of nitrogens with zero attached hydrogens (tertiary/aromatic N) is 3. The maximum Gasteiger partial charge on any atom is 0.152 e. The predicted octanol–water partition coefficient (Wildman–Crippen LogP) is 14.8. The highest BCUT2D eigenvalue weighted by molar-refractivity contribution is 6.13. The first-order valence-electron chi connectivity index (χ1n) is 19.8. The molecule has 9 aromatic carbocycles. The number of hydrogen-bond acceptors (Lipinski definition) is 2. The SMILES string of the molecule is c1ccc(-c2ccc3c(c2)c2cc(N(c4ccccc4)c4ccccc4)ccc2n3-c2ccc(-c3cccc4c3-n3c5ccccc5c5cccc(c53)O4)cc2)cc1. The van der Waals surface area contributed by atoms with E-state index in [9.17, 15) is 0 Å². The molecule has 3 heterocycles. The van der Waals surface area contributed by atoms with Gasteiger partial charge in [-0.3, -0.25) is 0 Å². The first-order valence-corrected chi connectivity index (χ1v) is 19.8. The van der Waals surface area contributed by atoms with Crippen molar-refractivity contribution in [3.8, 4) is 45.1 Å². The summed E-state index contributed by atoms with van der Waals surface area (Å²) in [5.41, 5.74) is 14.8. The first kappa shape index (κ1) is 32.4. The van der Waals surface area contributed by atoms with Crippen LogP contribution in [0, 0.1) is 0 Å². The van der Waals surface area contributed by atoms with Gasteiger partial charge in [0.1, 0.15) is 0 Å². The number of fused-ring (bicyclic) bond motifs is 8. The highest BCUT2D eigenvalue weighted by Gasteiger charge is 2.26. The molecule has 0 bridgehead atoms. The number of benzene rings is 9. The molecule has 1 aliphatic rings. The molecule has 0 atom stereocenters. The molecule has 1 aliphatic heterocycles. The minimum atomic E-state index is 0.857. The van der Waals surface area contributed by atoms with Crippen molar-refractivity contribution in [2.45, 2.75) is 0 Å². The molecule has 272 valence electrons. The van der Waals surface area contributed by atoms with Gasteiger partial charge in [0, 0.05) is 49.9 Å². The summed E-state index contributed by atoms with van der Waals surface area (Å²) in [5, 5.41) is 4.83. The van der Waals surface area contributed by atoms with Crippen LogP contribution in [-0.2, 0) is 0 Å². The Morgan fingerprint density at radius 2 is 0.931 bits per heavy atom. The fourth-order valence-electron chi connectivity index (χ4n) is 9.12. The molecule has 58 heavy (non-hydrogen) atoms. The fourth-order valence-corrected chi connectivity index (χ4v) is 9.12. The largest absolute Gasteiger partial charge is 0.453 e. The van der Waals surface area contributed by atoms with E-state index in [1.807, 2.05) is 0 Å². The molecule has 2 aromatic heterocycles. The van der Waals surface area contributed by atoms with Crippen LogP contribution in [0.15, 0.2) is 212 Å². The van der Waals surface area contributed by atoms with Crippen molar-refractivity contribution < 1.29 is 4.74 Å². The van der Waals surface area contributed by atoms with Crippen LogP contribution in [-0.4, -0.2) is 9.13 Å². The zero-order valence-corrected chi connectivity index (χ0v) is 31.5. The lowest BCUT2D eigenvalue weighted by Gasteiger charge is -2.25. The molecule has 0 amide bonds. The van der Waals surface area contributed by atoms with Crippen molar-refractivity contribution in [2.24, 2.45) is 0 Å². The van der Waals surface area contributed by atoms with Crippen LogP contribution < -0.4 is 9.64 Å². The average Bonchev–Trinajstić information content (AvgIpc) is 3.81. The molecular formula is C54H35N3O. The van der Waals surface area contributed by atoms with E-state index < -0.39 is 0 Å². The highest BCUT2D eigenvalue weighted by Crippen LogP contribution is 2.48. The van der Waals surface area contributed by atoms with Gasteiger partial charge in [-0.2, -0.15) is 0 Å². The van der Waals surface area contributed by atoms with Gasteiger partial charge in [-0.05, 0) is 102 Å². The number of rotatable bonds is 6. The maximum absolute atomic E-state index is 6.62. The van der Waals surface area contributed by atoms with Gasteiger partial charge in [0.05, 0.1) is 27.8 Å². The molecule has 0 radical (unpaired) electrons. The minimum Gasteiger partial charge on any atom is -0.453 e. The number of hydrogen-bond donors (Lipinski definition) is 0. The van der Waals surface area contributed by atoms with Gasteiger partial charge < -0.3 is 18.8 Å². The Labute approximate surface area is 335 Å². The summed E-state index contributed by atoms with van der Waals surface area (Å²) in [6, 6.07) is 76.1. The lowest BCUT2D eigenvalue weighted by molar-refractivity contribution is 0.477. The zero-order valence-electron chi connectivity index (χ0n) is 31.5. The molecule has 11 aromatic rings. The topological polar surface area (TPSA) is 22.3 Å². The van der Waals surface area contributed by atoms with Gasteiger partial charge in [0.25, 0.3) is 0 Å². The Morgan fingerprint density at radius 1 is 0.345 bits per heavy atom. The molecule has 12 rings (SSSR count). The van der Waals surface area contributed by atoms with E-state index in [0.29, 0.717) is 0 Å². The summed E-state index contributed by atoms with van der Waals surface area (Å²) in [7, 11) is 0. The van der Waals surface area contributed by atoms with Crippen LogP contribution in [0.5, 0.6) is 11.5 Å². The van der Waals surface area contributed by atoms with Gasteiger partial charge >= 0.3 is 0 Å². The van der Waals surface area contributed by atoms with Crippen molar-refractivity contribution in [1.29, 1.82) is 0 Å². The van der Waals surface area contributed by atoms with E-state index in [0.717, 1.165) is 67.6 Å². The van der Waals surface area contributed by atoms with E-state index >= 15 is 0 Å². The van der Waals surface area contributed by atoms with Crippen LogP contribution in [0.2, 0.25) is 0 Å². The average molecular weight is 742 g/mol. The standard InChI is InChI=1S/C54H35N3O/c1-4-14-36(15-5-1)38-28-32-49-46(34-38)47-35-42(55(39-16-6-2-7-17-39)40-18-8-3-9-19-40)31-33-50(47)56(49)41-29-26-37(27-30-41)43-21-12-24-51-53(43)57-48-23-11-10-20-44(48)45-22-13-25-52(58-51)54(45)57/h1-35H. The molecule has 0 fully saturated rings. The maximum atomic E-state index is 6.62. The smallest absolute Gasteiger partial charge is 0.152 e. The fraction of sp³-hybridized carbons (Fsp3) is 0. The third kappa shape index (κ3) is 4.95.